The third-order valence-corrected chi connectivity index (χ3v) is 2.36. The summed E-state index contributed by atoms with van der Waals surface area (Å²) >= 11 is 0. The van der Waals surface area contributed by atoms with Gasteiger partial charge in [-0.15, -0.1) is 0 Å². The van der Waals surface area contributed by atoms with Gasteiger partial charge in [0.05, 0.1) is 6.61 Å². The zero-order chi connectivity index (χ0) is 11.3. The number of nitrogens with one attached hydrogen (secondary N) is 1. The van der Waals surface area contributed by atoms with Gasteiger partial charge in [0.15, 0.2) is 11.6 Å². The summed E-state index contributed by atoms with van der Waals surface area (Å²) in [5, 5.41) is 21.3. The Balaban J connectivity index is 2.61. The number of phenols is 1. The van der Waals surface area contributed by atoms with Gasteiger partial charge in [-0.3, -0.25) is 0 Å². The quantitative estimate of drug-likeness (QED) is 0.692. The minimum atomic E-state index is -0.619. The Morgan fingerprint density at radius 1 is 1.47 bits per heavy atom. The smallest absolute Gasteiger partial charge is 0.165 e. The second-order valence-corrected chi connectivity index (χ2v) is 3.42. The average molecular weight is 213 g/mol. The number of benzene rings is 1. The van der Waals surface area contributed by atoms with E-state index >= 15 is 0 Å². The molecule has 0 aliphatic heterocycles. The molecule has 0 unspecified atom stereocenters. The number of hydrogen-bond donors (Lipinski definition) is 3. The molecule has 3 N–H and O–H groups in total. The van der Waals surface area contributed by atoms with Crippen LogP contribution in [0.15, 0.2) is 18.2 Å². The van der Waals surface area contributed by atoms with E-state index < -0.39 is 5.82 Å². The standard InChI is InChI=1S/C11H16FNO2/c1-2-9(7-14)13-6-8-4-3-5-10(12)11(8)15/h3-5,9,13-15H,2,6-7H2,1H3/t9-/m1/s1. The van der Waals surface area contributed by atoms with E-state index in [1.54, 1.807) is 12.1 Å². The van der Waals surface area contributed by atoms with Crippen molar-refractivity contribution in [3.05, 3.63) is 29.6 Å². The zero-order valence-corrected chi connectivity index (χ0v) is 8.70. The minimum Gasteiger partial charge on any atom is -0.505 e. The van der Waals surface area contributed by atoms with Crippen LogP contribution in [0.2, 0.25) is 0 Å². The van der Waals surface area contributed by atoms with E-state index in [2.05, 4.69) is 5.32 Å². The highest BCUT2D eigenvalue weighted by Gasteiger charge is 2.08. The van der Waals surface area contributed by atoms with Crippen molar-refractivity contribution in [3.8, 4) is 5.75 Å². The number of phenolic OH excluding ortho intramolecular Hbond substituents is 1. The molecule has 0 aromatic heterocycles. The fourth-order valence-electron chi connectivity index (χ4n) is 1.29. The second-order valence-electron chi connectivity index (χ2n) is 3.42. The highest BCUT2D eigenvalue weighted by Crippen LogP contribution is 2.20. The van der Waals surface area contributed by atoms with Crippen LogP contribution in [-0.4, -0.2) is 22.9 Å². The summed E-state index contributed by atoms with van der Waals surface area (Å²) in [6.07, 6.45) is 0.784. The van der Waals surface area contributed by atoms with Gasteiger partial charge in [0.25, 0.3) is 0 Å². The second kappa shape index (κ2) is 5.68. The Kier molecular flexibility index (Phi) is 4.52. The number of aliphatic hydroxyl groups excluding tert-OH is 1. The molecule has 84 valence electrons. The lowest BCUT2D eigenvalue weighted by Crippen LogP contribution is -2.31. The van der Waals surface area contributed by atoms with Crippen LogP contribution >= 0.6 is 0 Å². The van der Waals surface area contributed by atoms with Crippen molar-refractivity contribution < 1.29 is 14.6 Å². The van der Waals surface area contributed by atoms with Crippen molar-refractivity contribution in [3.63, 3.8) is 0 Å². The maximum absolute atomic E-state index is 12.9. The first kappa shape index (κ1) is 11.9. The summed E-state index contributed by atoms with van der Waals surface area (Å²) in [6, 6.07) is 4.39. The summed E-state index contributed by atoms with van der Waals surface area (Å²) in [5.41, 5.74) is 0.502. The molecule has 0 radical (unpaired) electrons. The van der Waals surface area contributed by atoms with E-state index in [0.29, 0.717) is 12.1 Å². The first-order valence-electron chi connectivity index (χ1n) is 4.99. The van der Waals surface area contributed by atoms with Crippen LogP contribution < -0.4 is 5.32 Å². The van der Waals surface area contributed by atoms with Gasteiger partial charge in [-0.1, -0.05) is 19.1 Å². The Morgan fingerprint density at radius 2 is 2.20 bits per heavy atom. The lowest BCUT2D eigenvalue weighted by molar-refractivity contribution is 0.238. The van der Waals surface area contributed by atoms with Crippen LogP contribution in [-0.2, 0) is 6.54 Å². The van der Waals surface area contributed by atoms with E-state index in [1.165, 1.54) is 6.07 Å². The van der Waals surface area contributed by atoms with Crippen LogP contribution in [0.25, 0.3) is 0 Å². The number of rotatable bonds is 5. The predicted octanol–water partition coefficient (Wildman–Crippen LogP) is 1.39. The number of para-hydroxylation sites is 1. The van der Waals surface area contributed by atoms with Gasteiger partial charge in [0, 0.05) is 18.2 Å². The van der Waals surface area contributed by atoms with Crippen molar-refractivity contribution in [2.75, 3.05) is 6.61 Å². The Morgan fingerprint density at radius 3 is 2.80 bits per heavy atom. The minimum absolute atomic E-state index is 0.0207. The van der Waals surface area contributed by atoms with Crippen molar-refractivity contribution in [1.82, 2.24) is 5.32 Å². The Labute approximate surface area is 88.6 Å². The summed E-state index contributed by atoms with van der Waals surface area (Å²) in [4.78, 5) is 0. The van der Waals surface area contributed by atoms with Crippen molar-refractivity contribution in [1.29, 1.82) is 0 Å². The molecule has 0 spiro atoms. The van der Waals surface area contributed by atoms with E-state index in [9.17, 15) is 9.50 Å². The van der Waals surface area contributed by atoms with Gasteiger partial charge >= 0.3 is 0 Å². The van der Waals surface area contributed by atoms with Crippen LogP contribution in [0.4, 0.5) is 4.39 Å². The van der Waals surface area contributed by atoms with Crippen molar-refractivity contribution >= 4 is 0 Å². The molecule has 3 nitrogen and oxygen atoms in total. The van der Waals surface area contributed by atoms with Gasteiger partial charge in [0.2, 0.25) is 0 Å². The summed E-state index contributed by atoms with van der Waals surface area (Å²) in [6.45, 7) is 2.33. The zero-order valence-electron chi connectivity index (χ0n) is 8.70. The first-order chi connectivity index (χ1) is 7.19. The molecule has 0 aliphatic carbocycles. The maximum atomic E-state index is 12.9. The molecule has 0 heterocycles. The van der Waals surface area contributed by atoms with Gasteiger partial charge in [-0.25, -0.2) is 4.39 Å². The largest absolute Gasteiger partial charge is 0.505 e. The van der Waals surface area contributed by atoms with Gasteiger partial charge in [0.1, 0.15) is 0 Å². The molecule has 15 heavy (non-hydrogen) atoms. The fourth-order valence-corrected chi connectivity index (χ4v) is 1.29. The van der Waals surface area contributed by atoms with E-state index in [4.69, 9.17) is 5.11 Å². The lowest BCUT2D eigenvalue weighted by Gasteiger charge is -2.14. The molecule has 0 bridgehead atoms. The summed E-state index contributed by atoms with van der Waals surface area (Å²) in [5.74, 6) is -0.941. The number of aliphatic hydroxyl groups is 1. The molecule has 1 aromatic carbocycles. The normalized spacial score (nSPS) is 12.7. The number of halogens is 1. The molecule has 1 atom stereocenters. The molecule has 0 fully saturated rings. The predicted molar refractivity (Wildman–Crippen MR) is 56.1 cm³/mol. The molecular formula is C11H16FNO2. The van der Waals surface area contributed by atoms with Crippen LogP contribution in [0.1, 0.15) is 18.9 Å². The van der Waals surface area contributed by atoms with E-state index in [1.807, 2.05) is 6.92 Å². The Hall–Kier alpha value is -1.13. The monoisotopic (exact) mass is 213 g/mol. The molecule has 0 aliphatic rings. The Bertz CT molecular complexity index is 313. The molecule has 1 rings (SSSR count). The van der Waals surface area contributed by atoms with E-state index in [-0.39, 0.29) is 18.4 Å². The van der Waals surface area contributed by atoms with Gasteiger partial charge in [-0.05, 0) is 12.5 Å². The first-order valence-corrected chi connectivity index (χ1v) is 4.99. The van der Waals surface area contributed by atoms with Crippen molar-refractivity contribution in [2.45, 2.75) is 25.9 Å². The molecule has 4 heteroatoms. The molecular weight excluding hydrogens is 197 g/mol. The highest BCUT2D eigenvalue weighted by molar-refractivity contribution is 5.33. The third-order valence-electron chi connectivity index (χ3n) is 2.36. The topological polar surface area (TPSA) is 52.5 Å². The van der Waals surface area contributed by atoms with Gasteiger partial charge in [-0.2, -0.15) is 0 Å². The van der Waals surface area contributed by atoms with Gasteiger partial charge < -0.3 is 15.5 Å². The number of aromatic hydroxyl groups is 1. The van der Waals surface area contributed by atoms with E-state index in [0.717, 1.165) is 6.42 Å². The van der Waals surface area contributed by atoms with Crippen molar-refractivity contribution in [2.24, 2.45) is 0 Å². The lowest BCUT2D eigenvalue weighted by atomic mass is 10.1. The molecule has 0 amide bonds. The molecule has 0 saturated heterocycles. The fraction of sp³-hybridized carbons (Fsp3) is 0.455. The SMILES string of the molecule is CC[C@H](CO)NCc1cccc(F)c1O. The summed E-state index contributed by atoms with van der Waals surface area (Å²) < 4.78 is 12.9. The third kappa shape index (κ3) is 3.18. The molecule has 0 saturated carbocycles. The highest BCUT2D eigenvalue weighted by atomic mass is 19.1. The maximum Gasteiger partial charge on any atom is 0.165 e. The average Bonchev–Trinajstić information content (AvgIpc) is 2.25. The molecule has 1 aromatic rings. The van der Waals surface area contributed by atoms with Crippen LogP contribution in [0.3, 0.4) is 0 Å². The summed E-state index contributed by atoms with van der Waals surface area (Å²) in [7, 11) is 0. The van der Waals surface area contributed by atoms with Crippen LogP contribution in [0.5, 0.6) is 5.75 Å². The van der Waals surface area contributed by atoms with Crippen LogP contribution in [0, 0.1) is 5.82 Å². The number of hydrogen-bond acceptors (Lipinski definition) is 3.